The normalized spacial score (nSPS) is 22.5. The van der Waals surface area contributed by atoms with Crippen LogP contribution < -0.4 is 5.73 Å². The van der Waals surface area contributed by atoms with Crippen molar-refractivity contribution in [3.63, 3.8) is 0 Å². The fraction of sp³-hybridized carbons (Fsp3) is 0.375. The molecule has 2 aromatic rings. The van der Waals surface area contributed by atoms with E-state index in [1.165, 1.54) is 0 Å². The molecule has 0 saturated carbocycles. The molecule has 5 nitrogen and oxygen atoms in total. The van der Waals surface area contributed by atoms with E-state index >= 15 is 0 Å². The monoisotopic (exact) mass is 284 g/mol. The van der Waals surface area contributed by atoms with Crippen LogP contribution in [0, 0.1) is 5.41 Å². The van der Waals surface area contributed by atoms with E-state index in [1.54, 1.807) is 0 Å². The highest BCUT2D eigenvalue weighted by atomic mass is 16.1. The van der Waals surface area contributed by atoms with Crippen LogP contribution in [0.5, 0.6) is 0 Å². The molecule has 1 aliphatic rings. The van der Waals surface area contributed by atoms with Crippen LogP contribution in [-0.2, 0) is 11.3 Å². The summed E-state index contributed by atoms with van der Waals surface area (Å²) in [5.41, 5.74) is 7.14. The molecule has 0 bridgehead atoms. The van der Waals surface area contributed by atoms with Gasteiger partial charge in [-0.25, -0.2) is 4.68 Å². The Morgan fingerprint density at radius 3 is 2.76 bits per heavy atom. The van der Waals surface area contributed by atoms with Gasteiger partial charge in [-0.3, -0.25) is 9.69 Å². The van der Waals surface area contributed by atoms with E-state index in [9.17, 15) is 4.79 Å². The third-order valence-electron chi connectivity index (χ3n) is 4.20. The number of primary amides is 1. The van der Waals surface area contributed by atoms with Crippen LogP contribution in [0.25, 0.3) is 5.69 Å². The van der Waals surface area contributed by atoms with E-state index in [0.29, 0.717) is 6.54 Å². The minimum atomic E-state index is -0.401. The first-order valence-corrected chi connectivity index (χ1v) is 7.19. The Balaban J connectivity index is 1.68. The molecule has 0 aliphatic carbocycles. The van der Waals surface area contributed by atoms with Crippen molar-refractivity contribution in [1.29, 1.82) is 0 Å². The molecule has 110 valence electrons. The summed E-state index contributed by atoms with van der Waals surface area (Å²) in [5.74, 6) is -0.209. The van der Waals surface area contributed by atoms with Crippen LogP contribution in [0.2, 0.25) is 0 Å². The average Bonchev–Trinajstić information content (AvgIpc) is 3.08. The molecule has 21 heavy (non-hydrogen) atoms. The predicted molar refractivity (Wildman–Crippen MR) is 80.8 cm³/mol. The molecule has 0 radical (unpaired) electrons. The van der Waals surface area contributed by atoms with Gasteiger partial charge in [0.25, 0.3) is 0 Å². The number of amides is 1. The molecule has 1 saturated heterocycles. The van der Waals surface area contributed by atoms with Crippen LogP contribution in [0.3, 0.4) is 0 Å². The molecule has 5 heteroatoms. The standard InChI is InChI=1S/C16H20N4O/c1-16(15(17)21)8-10-19(12-16)11-13-7-9-20(18-13)14-5-3-2-4-6-14/h2-7,9H,8,10-12H2,1H3,(H2,17,21). The van der Waals surface area contributed by atoms with Gasteiger partial charge in [0.2, 0.25) is 5.91 Å². The summed E-state index contributed by atoms with van der Waals surface area (Å²) in [7, 11) is 0. The first-order valence-electron chi connectivity index (χ1n) is 7.19. The summed E-state index contributed by atoms with van der Waals surface area (Å²) in [5, 5.41) is 4.60. The Kier molecular flexibility index (Phi) is 3.51. The molecule has 1 aromatic heterocycles. The summed E-state index contributed by atoms with van der Waals surface area (Å²) in [6.45, 7) is 4.29. The first kappa shape index (κ1) is 13.8. The van der Waals surface area contributed by atoms with E-state index in [1.807, 2.05) is 54.2 Å². The van der Waals surface area contributed by atoms with Gasteiger partial charge in [-0.15, -0.1) is 0 Å². The number of benzene rings is 1. The highest BCUT2D eigenvalue weighted by molar-refractivity contribution is 5.81. The van der Waals surface area contributed by atoms with E-state index < -0.39 is 5.41 Å². The zero-order chi connectivity index (χ0) is 14.9. The Labute approximate surface area is 124 Å². The van der Waals surface area contributed by atoms with Crippen molar-refractivity contribution in [2.24, 2.45) is 11.1 Å². The van der Waals surface area contributed by atoms with Crippen molar-refractivity contribution < 1.29 is 4.79 Å². The van der Waals surface area contributed by atoms with E-state index in [2.05, 4.69) is 10.00 Å². The molecule has 2 N–H and O–H groups in total. The van der Waals surface area contributed by atoms with Crippen LogP contribution in [-0.4, -0.2) is 33.7 Å². The minimum absolute atomic E-state index is 0.209. The van der Waals surface area contributed by atoms with Crippen molar-refractivity contribution in [3.8, 4) is 5.69 Å². The van der Waals surface area contributed by atoms with E-state index in [4.69, 9.17) is 5.73 Å². The predicted octanol–water partition coefficient (Wildman–Crippen LogP) is 1.57. The number of rotatable bonds is 4. The maximum atomic E-state index is 11.5. The summed E-state index contributed by atoms with van der Waals surface area (Å²) >= 11 is 0. The largest absolute Gasteiger partial charge is 0.369 e. The van der Waals surface area contributed by atoms with Crippen molar-refractivity contribution in [2.75, 3.05) is 13.1 Å². The maximum Gasteiger partial charge on any atom is 0.224 e. The number of hydrogen-bond acceptors (Lipinski definition) is 3. The second kappa shape index (κ2) is 5.33. The Morgan fingerprint density at radius 2 is 2.10 bits per heavy atom. The summed E-state index contributed by atoms with van der Waals surface area (Å²) in [6.07, 6.45) is 2.79. The lowest BCUT2D eigenvalue weighted by atomic mass is 9.89. The highest BCUT2D eigenvalue weighted by Crippen LogP contribution is 2.30. The molecule has 1 amide bonds. The number of nitrogens with two attached hydrogens (primary N) is 1. The Morgan fingerprint density at radius 1 is 1.33 bits per heavy atom. The summed E-state index contributed by atoms with van der Waals surface area (Å²) in [4.78, 5) is 13.7. The molecule has 1 fully saturated rings. The smallest absolute Gasteiger partial charge is 0.224 e. The molecular weight excluding hydrogens is 264 g/mol. The quantitative estimate of drug-likeness (QED) is 0.927. The lowest BCUT2D eigenvalue weighted by Gasteiger charge is -2.20. The van der Waals surface area contributed by atoms with Gasteiger partial charge in [0, 0.05) is 19.3 Å². The third-order valence-corrected chi connectivity index (χ3v) is 4.20. The molecule has 0 spiro atoms. The van der Waals surface area contributed by atoms with Crippen molar-refractivity contribution in [3.05, 3.63) is 48.3 Å². The van der Waals surface area contributed by atoms with Crippen molar-refractivity contribution in [2.45, 2.75) is 19.9 Å². The Hall–Kier alpha value is -2.14. The number of nitrogens with zero attached hydrogens (tertiary/aromatic N) is 3. The van der Waals surface area contributed by atoms with Crippen LogP contribution in [0.1, 0.15) is 19.0 Å². The van der Waals surface area contributed by atoms with Crippen LogP contribution >= 0.6 is 0 Å². The van der Waals surface area contributed by atoms with Gasteiger partial charge in [0.15, 0.2) is 0 Å². The summed E-state index contributed by atoms with van der Waals surface area (Å²) < 4.78 is 1.87. The molecule has 2 heterocycles. The SMILES string of the molecule is CC1(C(N)=O)CCN(Cc2ccn(-c3ccccc3)n2)C1. The number of carbonyl (C=O) groups is 1. The molecule has 1 unspecified atom stereocenters. The van der Waals surface area contributed by atoms with Gasteiger partial charge in [-0.1, -0.05) is 18.2 Å². The number of carbonyl (C=O) groups excluding carboxylic acids is 1. The zero-order valence-electron chi connectivity index (χ0n) is 12.2. The molecular formula is C16H20N4O. The van der Waals surface area contributed by atoms with Crippen molar-refractivity contribution >= 4 is 5.91 Å². The van der Waals surface area contributed by atoms with E-state index in [0.717, 1.165) is 30.9 Å². The lowest BCUT2D eigenvalue weighted by Crippen LogP contribution is -2.36. The first-order chi connectivity index (χ1) is 10.1. The number of likely N-dealkylation sites (tertiary alicyclic amines) is 1. The third kappa shape index (κ3) is 2.83. The molecule has 1 aromatic carbocycles. The maximum absolute atomic E-state index is 11.5. The van der Waals surface area contributed by atoms with Crippen molar-refractivity contribution in [1.82, 2.24) is 14.7 Å². The second-order valence-corrected chi connectivity index (χ2v) is 5.97. The molecule has 1 atom stereocenters. The zero-order valence-corrected chi connectivity index (χ0v) is 12.2. The Bertz CT molecular complexity index is 637. The number of hydrogen-bond donors (Lipinski definition) is 1. The number of para-hydroxylation sites is 1. The van der Waals surface area contributed by atoms with Gasteiger partial charge in [0.1, 0.15) is 0 Å². The lowest BCUT2D eigenvalue weighted by molar-refractivity contribution is -0.126. The average molecular weight is 284 g/mol. The highest BCUT2D eigenvalue weighted by Gasteiger charge is 2.38. The minimum Gasteiger partial charge on any atom is -0.369 e. The summed E-state index contributed by atoms with van der Waals surface area (Å²) in [6, 6.07) is 12.0. The van der Waals surface area contributed by atoms with Gasteiger partial charge < -0.3 is 5.73 Å². The topological polar surface area (TPSA) is 64.2 Å². The second-order valence-electron chi connectivity index (χ2n) is 5.97. The molecule has 1 aliphatic heterocycles. The van der Waals surface area contributed by atoms with E-state index in [-0.39, 0.29) is 5.91 Å². The fourth-order valence-electron chi connectivity index (χ4n) is 2.79. The van der Waals surface area contributed by atoms with Gasteiger partial charge in [-0.05, 0) is 38.1 Å². The fourth-order valence-corrected chi connectivity index (χ4v) is 2.79. The van der Waals surface area contributed by atoms with Crippen LogP contribution in [0.15, 0.2) is 42.6 Å². The van der Waals surface area contributed by atoms with Gasteiger partial charge >= 0.3 is 0 Å². The number of aromatic nitrogens is 2. The van der Waals surface area contributed by atoms with Gasteiger partial charge in [0.05, 0.1) is 16.8 Å². The van der Waals surface area contributed by atoms with Crippen LogP contribution in [0.4, 0.5) is 0 Å². The van der Waals surface area contributed by atoms with Gasteiger partial charge in [-0.2, -0.15) is 5.10 Å². The molecule has 3 rings (SSSR count).